The molecule has 0 radical (unpaired) electrons. The fourth-order valence-corrected chi connectivity index (χ4v) is 6.18. The second kappa shape index (κ2) is 11.5. The van der Waals surface area contributed by atoms with Gasteiger partial charge in [0.15, 0.2) is 5.75 Å². The molecule has 2 saturated carbocycles. The Balaban J connectivity index is 1.26. The number of amides is 2. The Kier molecular flexibility index (Phi) is 7.87. The third kappa shape index (κ3) is 6.23. The number of benzene rings is 2. The highest BCUT2D eigenvalue weighted by atomic mass is 35.5. The van der Waals surface area contributed by atoms with Crippen molar-refractivity contribution >= 4 is 51.5 Å². The second-order valence-electron chi connectivity index (χ2n) is 10.7. The van der Waals surface area contributed by atoms with Crippen LogP contribution < -0.4 is 15.4 Å². The van der Waals surface area contributed by atoms with Crippen LogP contribution in [0.15, 0.2) is 42.5 Å². The molecule has 2 aromatic carbocycles. The van der Waals surface area contributed by atoms with E-state index < -0.39 is 46.5 Å². The van der Waals surface area contributed by atoms with Gasteiger partial charge in [-0.1, -0.05) is 53.3 Å². The summed E-state index contributed by atoms with van der Waals surface area (Å²) < 4.78 is 44.6. The van der Waals surface area contributed by atoms with E-state index in [1.807, 2.05) is 6.07 Å². The number of esters is 1. The number of aromatic nitrogens is 2. The molecule has 226 valence electrons. The molecule has 2 heterocycles. The van der Waals surface area contributed by atoms with Crippen molar-refractivity contribution in [2.45, 2.75) is 43.4 Å². The highest BCUT2D eigenvalue weighted by molar-refractivity contribution is 7.18. The van der Waals surface area contributed by atoms with Crippen molar-refractivity contribution < 1.29 is 32.3 Å². The van der Waals surface area contributed by atoms with Gasteiger partial charge in [0.2, 0.25) is 11.0 Å². The molecular weight excluding hydrogens is 609 g/mol. The average Bonchev–Trinajstić information content (AvgIpc) is 3.92. The normalized spacial score (nSPS) is 18.6. The van der Waals surface area contributed by atoms with Crippen LogP contribution in [0.2, 0.25) is 5.02 Å². The van der Waals surface area contributed by atoms with Gasteiger partial charge in [0.05, 0.1) is 10.6 Å². The molecule has 1 saturated heterocycles. The molecule has 6 rings (SSSR count). The lowest BCUT2D eigenvalue weighted by Gasteiger charge is -2.39. The van der Waals surface area contributed by atoms with Crippen LogP contribution in [-0.2, 0) is 9.59 Å². The van der Waals surface area contributed by atoms with Crippen molar-refractivity contribution in [3.05, 3.63) is 53.1 Å². The van der Waals surface area contributed by atoms with E-state index in [4.69, 9.17) is 16.3 Å². The summed E-state index contributed by atoms with van der Waals surface area (Å²) in [4.78, 5) is 43.3. The van der Waals surface area contributed by atoms with Gasteiger partial charge in [-0.2, -0.15) is 13.2 Å². The first-order chi connectivity index (χ1) is 20.5. The number of hydrogen-bond donors (Lipinski definition) is 2. The number of ether oxygens (including phenoxy) is 1. The maximum Gasteiger partial charge on any atom is 0.491 e. The number of piperazine rings is 1. The smallest absolute Gasteiger partial charge is 0.417 e. The molecule has 2 N–H and O–H groups in total. The summed E-state index contributed by atoms with van der Waals surface area (Å²) in [7, 11) is 0. The van der Waals surface area contributed by atoms with Gasteiger partial charge >= 0.3 is 12.1 Å². The number of halogens is 4. The predicted octanol–water partition coefficient (Wildman–Crippen LogP) is 4.83. The zero-order valence-corrected chi connectivity index (χ0v) is 24.2. The Hall–Kier alpha value is -3.59. The molecule has 3 aliphatic rings. The third-order valence-electron chi connectivity index (χ3n) is 7.81. The SMILES string of the molecule is O=C(Nc1nnc(-c2ccccc2)s1)c1ccc(Cl)c(NC(=O)C2(N3CCN(C4CC4)CC3)CC2)c1OC(=O)C(F)(F)F. The van der Waals surface area contributed by atoms with Gasteiger partial charge < -0.3 is 10.1 Å². The first-order valence-corrected chi connectivity index (χ1v) is 14.9. The van der Waals surface area contributed by atoms with Crippen LogP contribution in [0.1, 0.15) is 36.0 Å². The quantitative estimate of drug-likeness (QED) is 0.267. The van der Waals surface area contributed by atoms with Gasteiger partial charge in [0, 0.05) is 37.8 Å². The summed E-state index contributed by atoms with van der Waals surface area (Å²) in [6, 6.07) is 12.0. The molecule has 2 amide bonds. The molecule has 43 heavy (non-hydrogen) atoms. The van der Waals surface area contributed by atoms with E-state index in [2.05, 4.69) is 30.6 Å². The molecule has 3 aromatic rings. The number of nitrogens with zero attached hydrogens (tertiary/aromatic N) is 4. The Morgan fingerprint density at radius 3 is 2.30 bits per heavy atom. The number of alkyl halides is 3. The molecule has 10 nitrogen and oxygen atoms in total. The summed E-state index contributed by atoms with van der Waals surface area (Å²) in [5.74, 6) is -4.82. The molecule has 0 unspecified atom stereocenters. The highest BCUT2D eigenvalue weighted by Crippen LogP contribution is 2.46. The van der Waals surface area contributed by atoms with Crippen LogP contribution in [0.3, 0.4) is 0 Å². The van der Waals surface area contributed by atoms with Gasteiger partial charge in [0.25, 0.3) is 5.91 Å². The van der Waals surface area contributed by atoms with Crippen molar-refractivity contribution in [3.63, 3.8) is 0 Å². The summed E-state index contributed by atoms with van der Waals surface area (Å²) in [5.41, 5.74) is -0.971. The summed E-state index contributed by atoms with van der Waals surface area (Å²) in [5, 5.41) is 13.4. The molecule has 1 aliphatic heterocycles. The second-order valence-corrected chi connectivity index (χ2v) is 12.0. The number of nitrogens with one attached hydrogen (secondary N) is 2. The molecular formula is C28H26ClF3N6O4S. The zero-order valence-electron chi connectivity index (χ0n) is 22.6. The van der Waals surface area contributed by atoms with Crippen LogP contribution in [-0.4, -0.2) is 81.7 Å². The number of carbonyl (C=O) groups is 3. The minimum Gasteiger partial charge on any atom is -0.417 e. The van der Waals surface area contributed by atoms with Crippen molar-refractivity contribution in [2.24, 2.45) is 0 Å². The van der Waals surface area contributed by atoms with Crippen LogP contribution in [0.25, 0.3) is 10.6 Å². The Morgan fingerprint density at radius 2 is 1.67 bits per heavy atom. The van der Waals surface area contributed by atoms with Crippen LogP contribution >= 0.6 is 22.9 Å². The van der Waals surface area contributed by atoms with Crippen molar-refractivity contribution in [3.8, 4) is 16.3 Å². The van der Waals surface area contributed by atoms with Gasteiger partial charge in [-0.15, -0.1) is 10.2 Å². The zero-order chi connectivity index (χ0) is 30.4. The van der Waals surface area contributed by atoms with E-state index in [-0.39, 0.29) is 10.2 Å². The topological polar surface area (TPSA) is 117 Å². The summed E-state index contributed by atoms with van der Waals surface area (Å²) in [6.07, 6.45) is -1.90. The van der Waals surface area contributed by atoms with Crippen molar-refractivity contribution in [1.82, 2.24) is 20.0 Å². The monoisotopic (exact) mass is 634 g/mol. The first kappa shape index (κ1) is 29.5. The van der Waals surface area contributed by atoms with E-state index in [0.29, 0.717) is 37.0 Å². The van der Waals surface area contributed by atoms with Gasteiger partial charge in [-0.3, -0.25) is 24.7 Å². The Labute approximate surface area is 253 Å². The molecule has 2 aliphatic carbocycles. The lowest BCUT2D eigenvalue weighted by atomic mass is 10.1. The average molecular weight is 635 g/mol. The molecule has 0 atom stereocenters. The van der Waals surface area contributed by atoms with Crippen LogP contribution in [0.4, 0.5) is 24.0 Å². The van der Waals surface area contributed by atoms with Gasteiger partial charge in [0.1, 0.15) is 16.2 Å². The number of anilines is 2. The maximum absolute atomic E-state index is 13.6. The first-order valence-electron chi connectivity index (χ1n) is 13.7. The number of carbonyl (C=O) groups excluding carboxylic acids is 3. The standard InChI is InChI=1S/C28H26ClF3N6O4S/c29-19-9-8-18(22(39)34-26-36-35-23(43-26)16-4-2-1-3-5-16)21(42-25(41)28(30,31)32)20(19)33-24(40)27(10-11-27)38-14-12-37(13-15-38)17-6-7-17/h1-5,8-9,17H,6-7,10-15H2,(H,33,40)(H,34,36,39). The minimum atomic E-state index is -5.37. The number of hydrogen-bond acceptors (Lipinski definition) is 9. The third-order valence-corrected chi connectivity index (χ3v) is 9.01. The van der Waals surface area contributed by atoms with Crippen molar-refractivity contribution in [2.75, 3.05) is 36.8 Å². The molecule has 1 aromatic heterocycles. The van der Waals surface area contributed by atoms with Crippen molar-refractivity contribution in [1.29, 1.82) is 0 Å². The van der Waals surface area contributed by atoms with E-state index in [1.165, 1.54) is 18.9 Å². The minimum absolute atomic E-state index is 0.0553. The fraction of sp³-hybridized carbons (Fsp3) is 0.393. The molecule has 0 bridgehead atoms. The Bertz CT molecular complexity index is 1550. The molecule has 0 spiro atoms. The highest BCUT2D eigenvalue weighted by Gasteiger charge is 2.55. The van der Waals surface area contributed by atoms with Gasteiger partial charge in [-0.05, 0) is 37.8 Å². The Morgan fingerprint density at radius 1 is 0.977 bits per heavy atom. The van der Waals surface area contributed by atoms with Crippen LogP contribution in [0.5, 0.6) is 5.75 Å². The lowest BCUT2D eigenvalue weighted by Crippen LogP contribution is -2.55. The fourth-order valence-electron chi connectivity index (χ4n) is 5.24. The molecule has 15 heteroatoms. The van der Waals surface area contributed by atoms with E-state index in [0.717, 1.165) is 36.1 Å². The van der Waals surface area contributed by atoms with E-state index >= 15 is 0 Å². The number of rotatable bonds is 8. The van der Waals surface area contributed by atoms with E-state index in [9.17, 15) is 27.6 Å². The van der Waals surface area contributed by atoms with Crippen LogP contribution in [0, 0.1) is 0 Å². The largest absolute Gasteiger partial charge is 0.491 e. The predicted molar refractivity (Wildman–Crippen MR) is 153 cm³/mol. The summed E-state index contributed by atoms with van der Waals surface area (Å²) in [6.45, 7) is 2.98. The molecule has 3 fully saturated rings. The summed E-state index contributed by atoms with van der Waals surface area (Å²) >= 11 is 7.37. The van der Waals surface area contributed by atoms with E-state index in [1.54, 1.807) is 24.3 Å². The lowest BCUT2D eigenvalue weighted by molar-refractivity contribution is -0.189. The maximum atomic E-state index is 13.6. The van der Waals surface area contributed by atoms with Gasteiger partial charge in [-0.25, -0.2) is 4.79 Å².